The molecule has 2 aromatic rings. The third-order valence-electron chi connectivity index (χ3n) is 3.28. The number of nitrogens with one attached hydrogen (secondary N) is 1. The quantitative estimate of drug-likeness (QED) is 0.840. The SMILES string of the molecule is Cc1nn(C)cc1NC(=O)CC(C)c1ccc(N)cc1. The molecule has 5 heteroatoms. The van der Waals surface area contributed by atoms with Gasteiger partial charge in [0, 0.05) is 25.4 Å². The van der Waals surface area contributed by atoms with Crippen LogP contribution in [-0.2, 0) is 11.8 Å². The lowest BCUT2D eigenvalue weighted by Crippen LogP contribution is -2.14. The van der Waals surface area contributed by atoms with Gasteiger partial charge in [-0.2, -0.15) is 5.10 Å². The third kappa shape index (κ3) is 3.38. The molecule has 1 aromatic carbocycles. The zero-order chi connectivity index (χ0) is 14.7. The number of rotatable bonds is 4. The fraction of sp³-hybridized carbons (Fsp3) is 0.333. The van der Waals surface area contributed by atoms with Crippen LogP contribution in [0.15, 0.2) is 30.5 Å². The van der Waals surface area contributed by atoms with E-state index in [0.717, 1.165) is 22.6 Å². The number of carbonyl (C=O) groups is 1. The summed E-state index contributed by atoms with van der Waals surface area (Å²) in [7, 11) is 1.83. The van der Waals surface area contributed by atoms with Crippen molar-refractivity contribution in [3.8, 4) is 0 Å². The summed E-state index contributed by atoms with van der Waals surface area (Å²) in [5, 5.41) is 7.10. The number of anilines is 2. The molecule has 0 saturated heterocycles. The highest BCUT2D eigenvalue weighted by Crippen LogP contribution is 2.21. The Labute approximate surface area is 118 Å². The summed E-state index contributed by atoms with van der Waals surface area (Å²) in [6.07, 6.45) is 2.24. The average Bonchev–Trinajstić information content (AvgIpc) is 2.68. The summed E-state index contributed by atoms with van der Waals surface area (Å²) >= 11 is 0. The van der Waals surface area contributed by atoms with Gasteiger partial charge in [0.2, 0.25) is 5.91 Å². The van der Waals surface area contributed by atoms with Crippen LogP contribution in [0.5, 0.6) is 0 Å². The Kier molecular flexibility index (Phi) is 4.08. The average molecular weight is 272 g/mol. The maximum absolute atomic E-state index is 12.1. The maximum Gasteiger partial charge on any atom is 0.225 e. The minimum atomic E-state index is -0.00887. The zero-order valence-corrected chi connectivity index (χ0v) is 12.1. The van der Waals surface area contributed by atoms with E-state index in [0.29, 0.717) is 6.42 Å². The Morgan fingerprint density at radius 1 is 1.40 bits per heavy atom. The molecule has 0 bridgehead atoms. The highest BCUT2D eigenvalue weighted by Gasteiger charge is 2.13. The number of hydrogen-bond donors (Lipinski definition) is 2. The second-order valence-corrected chi connectivity index (χ2v) is 5.12. The number of carbonyl (C=O) groups excluding carboxylic acids is 1. The lowest BCUT2D eigenvalue weighted by molar-refractivity contribution is -0.116. The summed E-state index contributed by atoms with van der Waals surface area (Å²) in [5.74, 6) is 0.137. The topological polar surface area (TPSA) is 72.9 Å². The molecule has 1 heterocycles. The van der Waals surface area contributed by atoms with Gasteiger partial charge in [0.15, 0.2) is 0 Å². The Bertz CT molecular complexity index is 601. The molecule has 0 aliphatic rings. The van der Waals surface area contributed by atoms with Crippen LogP contribution < -0.4 is 11.1 Å². The number of amides is 1. The van der Waals surface area contributed by atoms with Crippen molar-refractivity contribution in [2.75, 3.05) is 11.1 Å². The van der Waals surface area contributed by atoms with E-state index in [4.69, 9.17) is 5.73 Å². The summed E-state index contributed by atoms with van der Waals surface area (Å²) in [6, 6.07) is 7.63. The van der Waals surface area contributed by atoms with Crippen LogP contribution >= 0.6 is 0 Å². The smallest absolute Gasteiger partial charge is 0.225 e. The standard InChI is InChI=1S/C15H20N4O/c1-10(12-4-6-13(16)7-5-12)8-15(20)17-14-9-19(3)18-11(14)2/h4-7,9-10H,8,16H2,1-3H3,(H,17,20). The predicted octanol–water partition coefficient (Wildman–Crippen LogP) is 2.44. The van der Waals surface area contributed by atoms with Crippen molar-refractivity contribution >= 4 is 17.3 Å². The van der Waals surface area contributed by atoms with Gasteiger partial charge in [-0.15, -0.1) is 0 Å². The zero-order valence-electron chi connectivity index (χ0n) is 12.1. The fourth-order valence-corrected chi connectivity index (χ4v) is 2.14. The van der Waals surface area contributed by atoms with Crippen molar-refractivity contribution in [1.82, 2.24) is 9.78 Å². The number of aryl methyl sites for hydroxylation is 2. The molecule has 1 atom stereocenters. The first-order valence-electron chi connectivity index (χ1n) is 6.61. The van der Waals surface area contributed by atoms with Crippen molar-refractivity contribution in [2.45, 2.75) is 26.2 Å². The van der Waals surface area contributed by atoms with Gasteiger partial charge in [-0.3, -0.25) is 9.48 Å². The molecule has 106 valence electrons. The molecule has 0 fully saturated rings. The fourth-order valence-electron chi connectivity index (χ4n) is 2.14. The second-order valence-electron chi connectivity index (χ2n) is 5.12. The number of nitrogens with zero attached hydrogens (tertiary/aromatic N) is 2. The Hall–Kier alpha value is -2.30. The molecule has 1 unspecified atom stereocenters. The monoisotopic (exact) mass is 272 g/mol. The molecule has 0 spiro atoms. The first kappa shape index (κ1) is 14.1. The molecule has 0 radical (unpaired) electrons. The molecule has 1 amide bonds. The summed E-state index contributed by atoms with van der Waals surface area (Å²) in [6.45, 7) is 3.90. The van der Waals surface area contributed by atoms with Gasteiger partial charge in [0.1, 0.15) is 0 Å². The Morgan fingerprint density at radius 2 is 2.05 bits per heavy atom. The maximum atomic E-state index is 12.1. The van der Waals surface area contributed by atoms with Crippen LogP contribution in [0.2, 0.25) is 0 Å². The predicted molar refractivity (Wildman–Crippen MR) is 80.5 cm³/mol. The number of hydrogen-bond acceptors (Lipinski definition) is 3. The van der Waals surface area contributed by atoms with Crippen molar-refractivity contribution in [1.29, 1.82) is 0 Å². The normalized spacial score (nSPS) is 12.2. The molecule has 0 aliphatic heterocycles. The molecule has 0 aliphatic carbocycles. The molecule has 1 aromatic heterocycles. The summed E-state index contributed by atoms with van der Waals surface area (Å²) < 4.78 is 1.69. The van der Waals surface area contributed by atoms with Gasteiger partial charge < -0.3 is 11.1 Å². The first-order valence-corrected chi connectivity index (χ1v) is 6.61. The van der Waals surface area contributed by atoms with Crippen molar-refractivity contribution < 1.29 is 4.79 Å². The van der Waals surface area contributed by atoms with E-state index in [9.17, 15) is 4.79 Å². The summed E-state index contributed by atoms with van der Waals surface area (Å²) in [4.78, 5) is 12.1. The van der Waals surface area contributed by atoms with E-state index in [1.165, 1.54) is 0 Å². The second kappa shape index (κ2) is 5.77. The Balaban J connectivity index is 1.97. The summed E-state index contributed by atoms with van der Waals surface area (Å²) in [5.41, 5.74) is 9.09. The molecular weight excluding hydrogens is 252 g/mol. The molecule has 0 saturated carbocycles. The van der Waals surface area contributed by atoms with Crippen LogP contribution in [0.25, 0.3) is 0 Å². The van der Waals surface area contributed by atoms with E-state index >= 15 is 0 Å². The van der Waals surface area contributed by atoms with E-state index in [2.05, 4.69) is 10.4 Å². The van der Waals surface area contributed by atoms with Crippen LogP contribution in [0, 0.1) is 6.92 Å². The van der Waals surface area contributed by atoms with Crippen LogP contribution in [0.3, 0.4) is 0 Å². The van der Waals surface area contributed by atoms with Crippen molar-refractivity contribution in [2.24, 2.45) is 7.05 Å². The van der Waals surface area contributed by atoms with Crippen LogP contribution in [0.1, 0.15) is 30.5 Å². The minimum Gasteiger partial charge on any atom is -0.399 e. The minimum absolute atomic E-state index is 0.00887. The molecular formula is C15H20N4O. The van der Waals surface area contributed by atoms with Gasteiger partial charge in [-0.25, -0.2) is 0 Å². The van der Waals surface area contributed by atoms with Gasteiger partial charge in [0.25, 0.3) is 0 Å². The van der Waals surface area contributed by atoms with Gasteiger partial charge >= 0.3 is 0 Å². The molecule has 5 nitrogen and oxygen atoms in total. The van der Waals surface area contributed by atoms with E-state index in [-0.39, 0.29) is 11.8 Å². The van der Waals surface area contributed by atoms with E-state index < -0.39 is 0 Å². The van der Waals surface area contributed by atoms with Crippen molar-refractivity contribution in [3.05, 3.63) is 41.7 Å². The van der Waals surface area contributed by atoms with Gasteiger partial charge in [0.05, 0.1) is 11.4 Å². The lowest BCUT2D eigenvalue weighted by atomic mass is 9.97. The lowest BCUT2D eigenvalue weighted by Gasteiger charge is -2.12. The van der Waals surface area contributed by atoms with Gasteiger partial charge in [-0.1, -0.05) is 19.1 Å². The van der Waals surface area contributed by atoms with Crippen LogP contribution in [0.4, 0.5) is 11.4 Å². The number of nitrogens with two attached hydrogens (primary N) is 1. The number of aromatic nitrogens is 2. The number of nitrogen functional groups attached to an aromatic ring is 1. The molecule has 20 heavy (non-hydrogen) atoms. The molecule has 3 N–H and O–H groups in total. The largest absolute Gasteiger partial charge is 0.399 e. The third-order valence-corrected chi connectivity index (χ3v) is 3.28. The first-order chi connectivity index (χ1) is 9.45. The number of benzene rings is 1. The van der Waals surface area contributed by atoms with Gasteiger partial charge in [-0.05, 0) is 30.5 Å². The highest BCUT2D eigenvalue weighted by atomic mass is 16.1. The highest BCUT2D eigenvalue weighted by molar-refractivity contribution is 5.91. The Morgan fingerprint density at radius 3 is 2.60 bits per heavy atom. The molecule has 2 rings (SSSR count). The van der Waals surface area contributed by atoms with Crippen LogP contribution in [-0.4, -0.2) is 15.7 Å². The van der Waals surface area contributed by atoms with E-state index in [1.807, 2.05) is 45.2 Å². The van der Waals surface area contributed by atoms with Crippen molar-refractivity contribution in [3.63, 3.8) is 0 Å². The van der Waals surface area contributed by atoms with E-state index in [1.54, 1.807) is 10.9 Å².